The van der Waals surface area contributed by atoms with Crippen molar-refractivity contribution in [3.63, 3.8) is 0 Å². The fraction of sp³-hybridized carbons (Fsp3) is 0.174. The Labute approximate surface area is 179 Å². The molecule has 3 heterocycles. The van der Waals surface area contributed by atoms with Gasteiger partial charge < -0.3 is 21.4 Å². The predicted molar refractivity (Wildman–Crippen MR) is 125 cm³/mol. The fourth-order valence-electron chi connectivity index (χ4n) is 3.90. The molecule has 31 heavy (non-hydrogen) atoms. The largest absolute Gasteiger partial charge is 0.399 e. The fourth-order valence-corrected chi connectivity index (χ4v) is 3.90. The zero-order valence-electron chi connectivity index (χ0n) is 17.5. The van der Waals surface area contributed by atoms with Crippen LogP contribution in [-0.2, 0) is 6.54 Å². The van der Waals surface area contributed by atoms with Crippen LogP contribution in [0.3, 0.4) is 0 Å². The van der Waals surface area contributed by atoms with E-state index < -0.39 is 0 Å². The van der Waals surface area contributed by atoms with Crippen LogP contribution in [-0.4, -0.2) is 50.3 Å². The molecule has 0 fully saturated rings. The second-order valence-electron chi connectivity index (χ2n) is 7.89. The van der Waals surface area contributed by atoms with E-state index in [1.165, 1.54) is 0 Å². The first-order chi connectivity index (χ1) is 15.0. The Morgan fingerprint density at radius 3 is 2.74 bits per heavy atom. The summed E-state index contributed by atoms with van der Waals surface area (Å²) in [7, 11) is 4.06. The number of anilines is 2. The summed E-state index contributed by atoms with van der Waals surface area (Å²) in [5.41, 5.74) is 18.1. The minimum atomic E-state index is 0.543. The lowest BCUT2D eigenvalue weighted by Gasteiger charge is -2.10. The van der Waals surface area contributed by atoms with E-state index in [4.69, 9.17) is 21.5 Å². The normalized spacial score (nSPS) is 11.7. The van der Waals surface area contributed by atoms with Gasteiger partial charge >= 0.3 is 0 Å². The lowest BCUT2D eigenvalue weighted by molar-refractivity contribution is 0.377. The molecule has 3 aromatic heterocycles. The highest BCUT2D eigenvalue weighted by Gasteiger charge is 2.18. The maximum atomic E-state index is 6.33. The van der Waals surface area contributed by atoms with Gasteiger partial charge in [-0.25, -0.2) is 9.97 Å². The number of likely N-dealkylation sites (N-methyl/N-ethyl adjacent to an activating group) is 1. The Bertz CT molecular complexity index is 1400. The van der Waals surface area contributed by atoms with E-state index in [0.29, 0.717) is 29.4 Å². The molecule has 5 rings (SSSR count). The van der Waals surface area contributed by atoms with Crippen molar-refractivity contribution in [3.8, 4) is 22.8 Å². The molecule has 0 amide bonds. The van der Waals surface area contributed by atoms with Gasteiger partial charge in [-0.15, -0.1) is 0 Å². The van der Waals surface area contributed by atoms with Crippen LogP contribution in [0.15, 0.2) is 54.9 Å². The second kappa shape index (κ2) is 7.41. The summed E-state index contributed by atoms with van der Waals surface area (Å²) in [5, 5.41) is 6.81. The molecule has 5 N–H and O–H groups in total. The van der Waals surface area contributed by atoms with Crippen LogP contribution < -0.4 is 11.5 Å². The van der Waals surface area contributed by atoms with Crippen LogP contribution in [0, 0.1) is 0 Å². The minimum absolute atomic E-state index is 0.543. The summed E-state index contributed by atoms with van der Waals surface area (Å²) in [4.78, 5) is 14.8. The maximum Gasteiger partial charge on any atom is 0.181 e. The third kappa shape index (κ3) is 3.36. The SMILES string of the molecule is CN(C)CCn1nc(-c2nccc(-c3c[nH]c4ccccc34)n2)c2cc(N)cc(N)c21. The van der Waals surface area contributed by atoms with Gasteiger partial charge in [0.15, 0.2) is 5.82 Å². The van der Waals surface area contributed by atoms with E-state index in [-0.39, 0.29) is 0 Å². The summed E-state index contributed by atoms with van der Waals surface area (Å²) in [6.07, 6.45) is 3.74. The van der Waals surface area contributed by atoms with E-state index in [2.05, 4.69) is 20.9 Å². The topological polar surface area (TPSA) is 115 Å². The molecule has 5 aromatic rings. The third-order valence-corrected chi connectivity index (χ3v) is 5.39. The number of nitrogen functional groups attached to an aromatic ring is 2. The van der Waals surface area contributed by atoms with E-state index in [9.17, 15) is 0 Å². The highest BCUT2D eigenvalue weighted by Crippen LogP contribution is 2.33. The monoisotopic (exact) mass is 412 g/mol. The Morgan fingerprint density at radius 1 is 1.06 bits per heavy atom. The number of fused-ring (bicyclic) bond motifs is 2. The van der Waals surface area contributed by atoms with Gasteiger partial charge in [-0.2, -0.15) is 5.10 Å². The number of rotatable bonds is 5. The van der Waals surface area contributed by atoms with Crippen LogP contribution in [0.4, 0.5) is 11.4 Å². The second-order valence-corrected chi connectivity index (χ2v) is 7.89. The Hall–Kier alpha value is -3.91. The zero-order valence-corrected chi connectivity index (χ0v) is 17.5. The summed E-state index contributed by atoms with van der Waals surface area (Å²) in [5.74, 6) is 0.543. The van der Waals surface area contributed by atoms with E-state index in [1.807, 2.05) is 55.3 Å². The molecule has 0 radical (unpaired) electrons. The number of para-hydroxylation sites is 1. The number of nitrogens with two attached hydrogens (primary N) is 2. The van der Waals surface area contributed by atoms with Crippen LogP contribution in [0.25, 0.3) is 44.6 Å². The smallest absolute Gasteiger partial charge is 0.181 e. The van der Waals surface area contributed by atoms with E-state index >= 15 is 0 Å². The third-order valence-electron chi connectivity index (χ3n) is 5.39. The molecule has 0 saturated carbocycles. The van der Waals surface area contributed by atoms with Crippen molar-refractivity contribution < 1.29 is 0 Å². The van der Waals surface area contributed by atoms with Crippen molar-refractivity contribution in [2.24, 2.45) is 0 Å². The molecule has 8 heteroatoms. The molecule has 0 atom stereocenters. The van der Waals surface area contributed by atoms with Gasteiger partial charge in [0, 0.05) is 46.5 Å². The van der Waals surface area contributed by atoms with Gasteiger partial charge in [-0.1, -0.05) is 18.2 Å². The number of nitrogens with zero attached hydrogens (tertiary/aromatic N) is 5. The summed E-state index contributed by atoms with van der Waals surface area (Å²) in [6, 6.07) is 13.7. The van der Waals surface area contributed by atoms with Gasteiger partial charge in [0.2, 0.25) is 0 Å². The Morgan fingerprint density at radius 2 is 1.90 bits per heavy atom. The quantitative estimate of drug-likeness (QED) is 0.381. The molecular formula is C23H24N8. The summed E-state index contributed by atoms with van der Waals surface area (Å²) >= 11 is 0. The highest BCUT2D eigenvalue weighted by atomic mass is 15.3. The molecule has 0 saturated heterocycles. The number of hydrogen-bond donors (Lipinski definition) is 3. The lowest BCUT2D eigenvalue weighted by Crippen LogP contribution is -2.19. The number of H-pyrrole nitrogens is 1. The van der Waals surface area contributed by atoms with Crippen molar-refractivity contribution in [2.75, 3.05) is 32.1 Å². The molecule has 0 aliphatic rings. The van der Waals surface area contributed by atoms with Gasteiger partial charge in [0.05, 0.1) is 23.4 Å². The van der Waals surface area contributed by atoms with Crippen LogP contribution in [0.1, 0.15) is 0 Å². The van der Waals surface area contributed by atoms with Crippen molar-refractivity contribution in [1.29, 1.82) is 0 Å². The van der Waals surface area contributed by atoms with E-state index in [1.54, 1.807) is 12.3 Å². The Kier molecular flexibility index (Phi) is 4.56. The van der Waals surface area contributed by atoms with Crippen molar-refractivity contribution in [2.45, 2.75) is 6.54 Å². The van der Waals surface area contributed by atoms with Crippen molar-refractivity contribution in [1.82, 2.24) is 29.6 Å². The van der Waals surface area contributed by atoms with E-state index in [0.717, 1.165) is 39.6 Å². The molecular weight excluding hydrogens is 388 g/mol. The number of nitrogens with one attached hydrogen (secondary N) is 1. The molecule has 0 unspecified atom stereocenters. The van der Waals surface area contributed by atoms with Gasteiger partial charge in [0.25, 0.3) is 0 Å². The number of benzene rings is 2. The van der Waals surface area contributed by atoms with Crippen LogP contribution >= 0.6 is 0 Å². The van der Waals surface area contributed by atoms with Crippen molar-refractivity contribution >= 4 is 33.2 Å². The van der Waals surface area contributed by atoms with Crippen LogP contribution in [0.2, 0.25) is 0 Å². The molecule has 0 bridgehead atoms. The standard InChI is InChI=1S/C23H24N8/c1-30(2)9-10-31-22-16(11-14(24)12-18(22)25)21(29-31)23-26-8-7-20(28-23)17-13-27-19-6-4-3-5-15(17)19/h3-8,11-13,27H,9-10,24-25H2,1-2H3. The van der Waals surface area contributed by atoms with Crippen molar-refractivity contribution in [3.05, 3.63) is 54.9 Å². The highest BCUT2D eigenvalue weighted by molar-refractivity contribution is 6.01. The minimum Gasteiger partial charge on any atom is -0.399 e. The summed E-state index contributed by atoms with van der Waals surface area (Å²) < 4.78 is 1.92. The molecule has 0 spiro atoms. The molecule has 0 aliphatic heterocycles. The Balaban J connectivity index is 1.67. The number of aromatic nitrogens is 5. The first-order valence-electron chi connectivity index (χ1n) is 10.1. The average Bonchev–Trinajstić information content (AvgIpc) is 3.34. The first-order valence-corrected chi connectivity index (χ1v) is 10.1. The van der Waals surface area contributed by atoms with Gasteiger partial charge in [-0.3, -0.25) is 4.68 Å². The predicted octanol–water partition coefficient (Wildman–Crippen LogP) is 3.37. The number of aromatic amines is 1. The molecule has 8 nitrogen and oxygen atoms in total. The first kappa shape index (κ1) is 19.1. The molecule has 0 aliphatic carbocycles. The molecule has 156 valence electrons. The van der Waals surface area contributed by atoms with Gasteiger partial charge in [0.1, 0.15) is 5.69 Å². The van der Waals surface area contributed by atoms with Crippen LogP contribution in [0.5, 0.6) is 0 Å². The number of hydrogen-bond acceptors (Lipinski definition) is 6. The molecule has 2 aromatic carbocycles. The maximum absolute atomic E-state index is 6.33. The zero-order chi connectivity index (χ0) is 21.5. The summed E-state index contributed by atoms with van der Waals surface area (Å²) in [6.45, 7) is 1.52. The average molecular weight is 413 g/mol. The lowest BCUT2D eigenvalue weighted by atomic mass is 10.1. The van der Waals surface area contributed by atoms with Gasteiger partial charge in [-0.05, 0) is 38.4 Å².